The molecule has 1 aromatic rings. The summed E-state index contributed by atoms with van der Waals surface area (Å²) in [7, 11) is -4.05. The normalized spacial score (nSPS) is 10.6. The van der Waals surface area contributed by atoms with Gasteiger partial charge in [-0.2, -0.15) is 8.42 Å². The minimum absolute atomic E-state index is 0. The number of halogens is 2. The van der Waals surface area contributed by atoms with E-state index in [2.05, 4.69) is 5.32 Å². The van der Waals surface area contributed by atoms with Crippen LogP contribution >= 0.6 is 23.2 Å². The van der Waals surface area contributed by atoms with Crippen molar-refractivity contribution in [2.45, 2.75) is 0 Å². The van der Waals surface area contributed by atoms with E-state index in [9.17, 15) is 8.42 Å². The first-order valence-electron chi connectivity index (χ1n) is 3.52. The second-order valence-electron chi connectivity index (χ2n) is 2.56. The van der Waals surface area contributed by atoms with Crippen molar-refractivity contribution in [3.63, 3.8) is 0 Å². The summed E-state index contributed by atoms with van der Waals surface area (Å²) in [5, 5.41) is 3.23. The van der Waals surface area contributed by atoms with Crippen molar-refractivity contribution in [3.05, 3.63) is 28.2 Å². The van der Waals surface area contributed by atoms with Crippen LogP contribution in [-0.2, 0) is 10.1 Å². The Morgan fingerprint density at radius 2 is 1.67 bits per heavy atom. The molecule has 0 aliphatic heterocycles. The summed E-state index contributed by atoms with van der Waals surface area (Å²) in [5.74, 6) is -0.580. The Labute approximate surface area is 120 Å². The maximum absolute atomic E-state index is 10.4. The summed E-state index contributed by atoms with van der Waals surface area (Å²) in [6, 6.07) is 4.51. The molecule has 0 bridgehead atoms. The van der Waals surface area contributed by atoms with Crippen LogP contribution in [0.15, 0.2) is 18.2 Å². The van der Waals surface area contributed by atoms with Crippen LogP contribution in [0.2, 0.25) is 10.0 Å². The molecule has 2 N–H and O–H groups in total. The summed E-state index contributed by atoms with van der Waals surface area (Å²) in [6.45, 7) is 0. The topological polar surface area (TPSA) is 66.4 Å². The van der Waals surface area contributed by atoms with Gasteiger partial charge >= 0.3 is 29.6 Å². The molecule has 15 heavy (non-hydrogen) atoms. The number of hydrogen-bond acceptors (Lipinski definition) is 3. The fourth-order valence-corrected chi connectivity index (χ4v) is 1.71. The third-order valence-corrected chi connectivity index (χ3v) is 2.27. The molecular formula is C7H7Cl2NNaO3S+. The van der Waals surface area contributed by atoms with Crippen molar-refractivity contribution in [3.8, 4) is 0 Å². The van der Waals surface area contributed by atoms with Crippen molar-refractivity contribution < 1.29 is 42.5 Å². The van der Waals surface area contributed by atoms with E-state index >= 15 is 0 Å². The predicted octanol–water partition coefficient (Wildman–Crippen LogP) is -0.745. The molecule has 0 fully saturated rings. The van der Waals surface area contributed by atoms with Gasteiger partial charge in [0.1, 0.15) is 5.88 Å². The first-order chi connectivity index (χ1) is 6.37. The van der Waals surface area contributed by atoms with Crippen LogP contribution in [0, 0.1) is 0 Å². The molecule has 0 heterocycles. The van der Waals surface area contributed by atoms with Gasteiger partial charge in [-0.05, 0) is 18.2 Å². The van der Waals surface area contributed by atoms with Crippen LogP contribution in [0.25, 0.3) is 0 Å². The van der Waals surface area contributed by atoms with Gasteiger partial charge in [0.2, 0.25) is 0 Å². The van der Waals surface area contributed by atoms with Gasteiger partial charge in [-0.25, -0.2) is 0 Å². The van der Waals surface area contributed by atoms with E-state index in [1.807, 2.05) is 0 Å². The quantitative estimate of drug-likeness (QED) is 0.564. The molecule has 0 aliphatic carbocycles. The number of rotatable bonds is 3. The Morgan fingerprint density at radius 1 is 1.20 bits per heavy atom. The number of benzene rings is 1. The van der Waals surface area contributed by atoms with Gasteiger partial charge in [-0.1, -0.05) is 23.2 Å². The van der Waals surface area contributed by atoms with Gasteiger partial charge < -0.3 is 5.32 Å². The summed E-state index contributed by atoms with van der Waals surface area (Å²) in [4.78, 5) is 0. The molecule has 78 valence electrons. The van der Waals surface area contributed by atoms with Gasteiger partial charge in [-0.3, -0.25) is 4.55 Å². The Morgan fingerprint density at radius 3 is 2.07 bits per heavy atom. The van der Waals surface area contributed by atoms with E-state index in [-0.39, 0.29) is 29.6 Å². The largest absolute Gasteiger partial charge is 1.00 e. The fourth-order valence-electron chi connectivity index (χ4n) is 0.830. The molecule has 0 radical (unpaired) electrons. The smallest absolute Gasteiger partial charge is 0.370 e. The van der Waals surface area contributed by atoms with E-state index in [1.165, 1.54) is 18.2 Å². The SMILES string of the molecule is O=S(=O)(O)CNc1cc(Cl)cc(Cl)c1.[Na+]. The van der Waals surface area contributed by atoms with Crippen LogP contribution in [-0.4, -0.2) is 18.8 Å². The van der Waals surface area contributed by atoms with Crippen molar-refractivity contribution in [1.82, 2.24) is 0 Å². The van der Waals surface area contributed by atoms with Crippen molar-refractivity contribution >= 4 is 39.0 Å². The Balaban J connectivity index is 0.00000196. The third-order valence-electron chi connectivity index (χ3n) is 1.32. The molecule has 1 aromatic carbocycles. The van der Waals surface area contributed by atoms with Crippen molar-refractivity contribution in [1.29, 1.82) is 0 Å². The van der Waals surface area contributed by atoms with Gasteiger partial charge in [-0.15, -0.1) is 0 Å². The van der Waals surface area contributed by atoms with E-state index in [0.29, 0.717) is 15.7 Å². The van der Waals surface area contributed by atoms with Gasteiger partial charge in [0.05, 0.1) is 0 Å². The summed E-state index contributed by atoms with van der Waals surface area (Å²) in [5.41, 5.74) is 0.431. The number of hydrogen-bond donors (Lipinski definition) is 2. The molecule has 1 rings (SSSR count). The molecule has 8 heteroatoms. The summed E-state index contributed by atoms with van der Waals surface area (Å²) >= 11 is 11.3. The summed E-state index contributed by atoms with van der Waals surface area (Å²) < 4.78 is 29.3. The molecular weight excluding hydrogens is 272 g/mol. The standard InChI is InChI=1S/C7H7Cl2NO3S.Na/c8-5-1-6(9)3-7(2-5)10-4-14(11,12)13;/h1-3,10H,4H2,(H,11,12,13);/q;+1. The zero-order valence-corrected chi connectivity index (χ0v) is 12.2. The van der Waals surface area contributed by atoms with Crippen LogP contribution in [0.5, 0.6) is 0 Å². The van der Waals surface area contributed by atoms with Crippen LogP contribution < -0.4 is 34.9 Å². The second-order valence-corrected chi connectivity index (χ2v) is 4.89. The van der Waals surface area contributed by atoms with Crippen LogP contribution in [0.4, 0.5) is 5.69 Å². The first-order valence-corrected chi connectivity index (χ1v) is 5.88. The molecule has 0 saturated carbocycles. The van der Waals surface area contributed by atoms with Gasteiger partial charge in [0.15, 0.2) is 0 Å². The molecule has 0 aliphatic rings. The molecule has 4 nitrogen and oxygen atoms in total. The fraction of sp³-hybridized carbons (Fsp3) is 0.143. The molecule has 0 amide bonds. The number of nitrogens with one attached hydrogen (secondary N) is 1. The van der Waals surface area contributed by atoms with E-state index in [0.717, 1.165) is 0 Å². The zero-order valence-electron chi connectivity index (χ0n) is 7.87. The zero-order chi connectivity index (χ0) is 10.8. The first kappa shape index (κ1) is 15.5. The molecule has 0 saturated heterocycles. The monoisotopic (exact) mass is 278 g/mol. The average Bonchev–Trinajstić information content (AvgIpc) is 1.97. The maximum atomic E-state index is 10.4. The van der Waals surface area contributed by atoms with Crippen LogP contribution in [0.3, 0.4) is 0 Å². The third kappa shape index (κ3) is 6.63. The van der Waals surface area contributed by atoms with Gasteiger partial charge in [0.25, 0.3) is 10.1 Å². The average molecular weight is 279 g/mol. The molecule has 0 aromatic heterocycles. The Kier molecular flexibility index (Phi) is 6.51. The van der Waals surface area contributed by atoms with Crippen molar-refractivity contribution in [2.24, 2.45) is 0 Å². The predicted molar refractivity (Wildman–Crippen MR) is 56.5 cm³/mol. The molecule has 0 atom stereocenters. The minimum Gasteiger partial charge on any atom is -0.370 e. The maximum Gasteiger partial charge on any atom is 1.00 e. The molecule has 0 spiro atoms. The van der Waals surface area contributed by atoms with E-state index in [1.54, 1.807) is 0 Å². The Hall–Kier alpha value is 0.510. The number of anilines is 1. The minimum atomic E-state index is -4.05. The van der Waals surface area contributed by atoms with Crippen molar-refractivity contribution in [2.75, 3.05) is 11.2 Å². The molecule has 0 unspecified atom stereocenters. The van der Waals surface area contributed by atoms with E-state index < -0.39 is 16.0 Å². The van der Waals surface area contributed by atoms with Gasteiger partial charge in [0, 0.05) is 15.7 Å². The summed E-state index contributed by atoms with van der Waals surface area (Å²) in [6.07, 6.45) is 0. The van der Waals surface area contributed by atoms with Crippen LogP contribution in [0.1, 0.15) is 0 Å². The second kappa shape index (κ2) is 6.30. The Bertz CT molecular complexity index is 418. The van der Waals surface area contributed by atoms with E-state index in [4.69, 9.17) is 27.8 Å².